The molecule has 5 rings (SSSR count). The number of anilines is 1. The molecule has 0 atom stereocenters. The monoisotopic (exact) mass is 487 g/mol. The Morgan fingerprint density at radius 3 is 2.47 bits per heavy atom. The van der Waals surface area contributed by atoms with Crippen molar-refractivity contribution in [3.63, 3.8) is 0 Å². The molecule has 9 heteroatoms. The second-order valence-corrected chi connectivity index (χ2v) is 8.77. The number of nitrogens with zero attached hydrogens (tertiary/aromatic N) is 4. The van der Waals surface area contributed by atoms with Crippen LogP contribution in [0.3, 0.4) is 0 Å². The van der Waals surface area contributed by atoms with Crippen molar-refractivity contribution >= 4 is 17.2 Å². The summed E-state index contributed by atoms with van der Waals surface area (Å²) in [5.74, 6) is 0.761. The van der Waals surface area contributed by atoms with Crippen LogP contribution in [0.25, 0.3) is 5.65 Å². The van der Waals surface area contributed by atoms with Crippen LogP contribution in [0.5, 0.6) is 11.5 Å². The third kappa shape index (κ3) is 4.33. The quantitative estimate of drug-likeness (QED) is 0.430. The molecule has 0 saturated heterocycles. The minimum atomic E-state index is -0.358. The predicted molar refractivity (Wildman–Crippen MR) is 137 cm³/mol. The second kappa shape index (κ2) is 9.87. The number of aromatic nitrogens is 3. The molecule has 3 heterocycles. The predicted octanol–water partition coefficient (Wildman–Crippen LogP) is 3.34. The number of fused-ring (bicyclic) bond motifs is 2. The third-order valence-corrected chi connectivity index (χ3v) is 6.59. The molecule has 0 bridgehead atoms. The van der Waals surface area contributed by atoms with Crippen molar-refractivity contribution in [2.75, 3.05) is 26.1 Å². The lowest BCUT2D eigenvalue weighted by Crippen LogP contribution is -2.38. The van der Waals surface area contributed by atoms with Gasteiger partial charge in [-0.15, -0.1) is 0 Å². The molecule has 1 N–H and O–H groups in total. The summed E-state index contributed by atoms with van der Waals surface area (Å²) in [7, 11) is 3.10. The Morgan fingerprint density at radius 2 is 1.81 bits per heavy atom. The summed E-state index contributed by atoms with van der Waals surface area (Å²) < 4.78 is 14.0. The lowest BCUT2D eigenvalue weighted by molar-refractivity contribution is 0.102. The van der Waals surface area contributed by atoms with Crippen LogP contribution in [0.15, 0.2) is 59.5 Å². The van der Waals surface area contributed by atoms with Gasteiger partial charge in [-0.25, -0.2) is 0 Å². The highest BCUT2D eigenvalue weighted by molar-refractivity contribution is 6.08. The molecule has 2 aromatic heterocycles. The Hall–Kier alpha value is -4.11. The van der Waals surface area contributed by atoms with Crippen LogP contribution in [0.1, 0.15) is 34.1 Å². The van der Waals surface area contributed by atoms with E-state index in [1.165, 1.54) is 16.3 Å². The Labute approximate surface area is 208 Å². The van der Waals surface area contributed by atoms with E-state index >= 15 is 0 Å². The number of aryl methyl sites for hydroxylation is 1. The van der Waals surface area contributed by atoms with E-state index in [2.05, 4.69) is 27.4 Å². The van der Waals surface area contributed by atoms with E-state index in [-0.39, 0.29) is 11.5 Å². The lowest BCUT2D eigenvalue weighted by atomic mass is 10.0. The topological polar surface area (TPSA) is 90.1 Å². The molecule has 0 unspecified atom stereocenters. The number of ether oxygens (including phenoxy) is 2. The van der Waals surface area contributed by atoms with Crippen molar-refractivity contribution in [1.29, 1.82) is 0 Å². The Morgan fingerprint density at radius 1 is 1.08 bits per heavy atom. The van der Waals surface area contributed by atoms with Crippen LogP contribution in [-0.4, -0.2) is 45.8 Å². The summed E-state index contributed by atoms with van der Waals surface area (Å²) in [6.45, 7) is 4.79. The first kappa shape index (κ1) is 23.6. The lowest BCUT2D eigenvalue weighted by Gasteiger charge is -2.30. The van der Waals surface area contributed by atoms with Gasteiger partial charge in [0.25, 0.3) is 11.5 Å². The first-order chi connectivity index (χ1) is 17.5. The average Bonchev–Trinajstić information content (AvgIpc) is 3.35. The molecule has 0 fully saturated rings. The standard InChI is InChI=1S/C27H29N5O4/c1-4-31-24-10-11-30(16-18-8-6-5-7-9-18)17-23(24)27(34)32-26(31)22(15-28-32)25(33)29-19-12-20(35-2)14-21(13-19)36-3/h5-9,12-15H,4,10-11,16-17H2,1-3H3,(H,29,33). The van der Waals surface area contributed by atoms with E-state index < -0.39 is 0 Å². The van der Waals surface area contributed by atoms with E-state index in [4.69, 9.17) is 9.47 Å². The van der Waals surface area contributed by atoms with Gasteiger partial charge in [-0.1, -0.05) is 30.3 Å². The highest BCUT2D eigenvalue weighted by atomic mass is 16.5. The fourth-order valence-corrected chi connectivity index (χ4v) is 4.86. The van der Waals surface area contributed by atoms with Gasteiger partial charge >= 0.3 is 0 Å². The highest BCUT2D eigenvalue weighted by Crippen LogP contribution is 2.27. The number of hydrogen-bond donors (Lipinski definition) is 1. The number of rotatable bonds is 7. The van der Waals surface area contributed by atoms with Crippen molar-refractivity contribution in [3.05, 3.63) is 87.5 Å². The molecule has 2 aromatic carbocycles. The minimum absolute atomic E-state index is 0.176. The highest BCUT2D eigenvalue weighted by Gasteiger charge is 2.27. The number of hydrogen-bond acceptors (Lipinski definition) is 6. The molecule has 186 valence electrons. The van der Waals surface area contributed by atoms with Crippen LogP contribution < -0.4 is 20.3 Å². The minimum Gasteiger partial charge on any atom is -0.497 e. The molecule has 1 amide bonds. The van der Waals surface area contributed by atoms with Crippen LogP contribution in [-0.2, 0) is 26.1 Å². The molecule has 0 aliphatic carbocycles. The number of amides is 1. The van der Waals surface area contributed by atoms with Gasteiger partial charge in [-0.2, -0.15) is 9.61 Å². The van der Waals surface area contributed by atoms with E-state index in [0.717, 1.165) is 30.8 Å². The summed E-state index contributed by atoms with van der Waals surface area (Å²) in [5, 5.41) is 7.22. The third-order valence-electron chi connectivity index (χ3n) is 6.59. The molecule has 1 aliphatic heterocycles. The van der Waals surface area contributed by atoms with E-state index in [9.17, 15) is 9.59 Å². The van der Waals surface area contributed by atoms with Crippen LogP contribution >= 0.6 is 0 Å². The first-order valence-electron chi connectivity index (χ1n) is 11.9. The summed E-state index contributed by atoms with van der Waals surface area (Å²) in [6, 6.07) is 15.4. The van der Waals surface area contributed by atoms with Gasteiger partial charge < -0.3 is 19.4 Å². The van der Waals surface area contributed by atoms with Gasteiger partial charge in [-0.3, -0.25) is 14.5 Å². The molecule has 0 radical (unpaired) electrons. The Kier molecular flexibility index (Phi) is 6.47. The molecule has 0 saturated carbocycles. The normalized spacial score (nSPS) is 13.4. The molecule has 36 heavy (non-hydrogen) atoms. The molecule has 0 spiro atoms. The number of carbonyl (C=O) groups excluding carboxylic acids is 1. The molecular weight excluding hydrogens is 458 g/mol. The van der Waals surface area contributed by atoms with E-state index in [1.54, 1.807) is 32.4 Å². The fourth-order valence-electron chi connectivity index (χ4n) is 4.86. The molecule has 4 aromatic rings. The summed E-state index contributed by atoms with van der Waals surface area (Å²) in [5.41, 5.74) is 4.11. The van der Waals surface area contributed by atoms with Crippen LogP contribution in [0, 0.1) is 0 Å². The maximum Gasteiger partial charge on any atom is 0.279 e. The van der Waals surface area contributed by atoms with Crippen molar-refractivity contribution < 1.29 is 14.3 Å². The average molecular weight is 488 g/mol. The maximum atomic E-state index is 13.5. The Bertz CT molecular complexity index is 1450. The van der Waals surface area contributed by atoms with E-state index in [0.29, 0.717) is 41.5 Å². The summed E-state index contributed by atoms with van der Waals surface area (Å²) in [4.78, 5) is 29.1. The molecular formula is C27H29N5O4. The molecule has 1 aliphatic rings. The summed E-state index contributed by atoms with van der Waals surface area (Å²) in [6.07, 6.45) is 2.18. The summed E-state index contributed by atoms with van der Waals surface area (Å²) >= 11 is 0. The van der Waals surface area contributed by atoms with Gasteiger partial charge in [-0.05, 0) is 12.5 Å². The van der Waals surface area contributed by atoms with Crippen molar-refractivity contribution in [2.24, 2.45) is 0 Å². The van der Waals surface area contributed by atoms with Gasteiger partial charge in [0.05, 0.1) is 26.0 Å². The van der Waals surface area contributed by atoms with Crippen molar-refractivity contribution in [1.82, 2.24) is 19.1 Å². The Balaban J connectivity index is 1.49. The number of carbonyl (C=O) groups is 1. The number of benzene rings is 2. The van der Waals surface area contributed by atoms with Crippen molar-refractivity contribution in [2.45, 2.75) is 33.0 Å². The number of nitrogens with one attached hydrogen (secondary N) is 1. The fraction of sp³-hybridized carbons (Fsp3) is 0.296. The smallest absolute Gasteiger partial charge is 0.279 e. The first-order valence-corrected chi connectivity index (χ1v) is 11.9. The van der Waals surface area contributed by atoms with Crippen LogP contribution in [0.4, 0.5) is 5.69 Å². The second-order valence-electron chi connectivity index (χ2n) is 8.77. The van der Waals surface area contributed by atoms with Crippen LogP contribution in [0.2, 0.25) is 0 Å². The van der Waals surface area contributed by atoms with Crippen molar-refractivity contribution in [3.8, 4) is 11.5 Å². The zero-order valence-electron chi connectivity index (χ0n) is 20.7. The van der Waals surface area contributed by atoms with Gasteiger partial charge in [0.2, 0.25) is 0 Å². The molecule has 9 nitrogen and oxygen atoms in total. The van der Waals surface area contributed by atoms with Gasteiger partial charge in [0.15, 0.2) is 5.65 Å². The number of methoxy groups -OCH3 is 2. The zero-order chi connectivity index (χ0) is 25.2. The van der Waals surface area contributed by atoms with Gasteiger partial charge in [0.1, 0.15) is 17.1 Å². The largest absolute Gasteiger partial charge is 0.497 e. The van der Waals surface area contributed by atoms with E-state index in [1.807, 2.05) is 29.7 Å². The maximum absolute atomic E-state index is 13.5. The zero-order valence-corrected chi connectivity index (χ0v) is 20.7. The SMILES string of the molecule is CCn1c2c(c(=O)n3ncc(C(=O)Nc4cc(OC)cc(OC)c4)c13)CN(Cc1ccccc1)CC2. The van der Waals surface area contributed by atoms with Gasteiger partial charge in [0, 0.05) is 62.2 Å².